The van der Waals surface area contributed by atoms with Gasteiger partial charge in [0.25, 0.3) is 5.91 Å². The van der Waals surface area contributed by atoms with Crippen LogP contribution in [0.15, 0.2) is 54.6 Å². The highest BCUT2D eigenvalue weighted by Gasteiger charge is 2.26. The van der Waals surface area contributed by atoms with Crippen molar-refractivity contribution in [3.8, 4) is 0 Å². The van der Waals surface area contributed by atoms with Crippen LogP contribution in [0.1, 0.15) is 48.0 Å². The van der Waals surface area contributed by atoms with Crippen molar-refractivity contribution < 1.29 is 9.18 Å². The van der Waals surface area contributed by atoms with Gasteiger partial charge in [-0.25, -0.2) is 4.39 Å². The highest BCUT2D eigenvalue weighted by Crippen LogP contribution is 2.19. The van der Waals surface area contributed by atoms with Crippen LogP contribution in [-0.2, 0) is 6.42 Å². The number of rotatable bonds is 7. The van der Waals surface area contributed by atoms with E-state index in [0.717, 1.165) is 38.6 Å². The zero-order valence-corrected chi connectivity index (χ0v) is 15.1. The van der Waals surface area contributed by atoms with Crippen LogP contribution in [0, 0.1) is 5.82 Å². The number of nitrogens with one attached hydrogen (secondary N) is 2. The number of halogens is 1. The molecule has 0 bridgehead atoms. The van der Waals surface area contributed by atoms with Gasteiger partial charge in [-0.15, -0.1) is 0 Å². The fourth-order valence-electron chi connectivity index (χ4n) is 3.63. The fraction of sp³-hybridized carbons (Fsp3) is 0.409. The van der Waals surface area contributed by atoms with Gasteiger partial charge in [0, 0.05) is 17.6 Å². The zero-order valence-electron chi connectivity index (χ0n) is 15.1. The highest BCUT2D eigenvalue weighted by molar-refractivity contribution is 5.94. The number of hydrogen-bond donors (Lipinski definition) is 2. The molecule has 0 saturated heterocycles. The van der Waals surface area contributed by atoms with E-state index in [2.05, 4.69) is 34.9 Å². The Hall–Kier alpha value is -2.20. The Balaban J connectivity index is 1.47. The summed E-state index contributed by atoms with van der Waals surface area (Å²) in [4.78, 5) is 12.4. The minimum Gasteiger partial charge on any atom is -0.348 e. The first kappa shape index (κ1) is 18.6. The third kappa shape index (κ3) is 5.40. The van der Waals surface area contributed by atoms with E-state index in [0.29, 0.717) is 11.6 Å². The normalized spacial score (nSPS) is 19.9. The van der Waals surface area contributed by atoms with E-state index in [9.17, 15) is 9.18 Å². The monoisotopic (exact) mass is 354 g/mol. The second kappa shape index (κ2) is 9.48. The molecule has 1 amide bonds. The zero-order chi connectivity index (χ0) is 18.2. The summed E-state index contributed by atoms with van der Waals surface area (Å²) >= 11 is 0. The van der Waals surface area contributed by atoms with Crippen LogP contribution in [0.5, 0.6) is 0 Å². The average Bonchev–Trinajstić information content (AvgIpc) is 2.68. The number of amides is 1. The SMILES string of the molecule is O=C(N[C@@H]1CCCC[C@@H]1NCCCc1ccccc1)c1ccc(F)cc1. The maximum atomic E-state index is 13.0. The van der Waals surface area contributed by atoms with Gasteiger partial charge in [-0.2, -0.15) is 0 Å². The van der Waals surface area contributed by atoms with Crippen LogP contribution < -0.4 is 10.6 Å². The Morgan fingerprint density at radius 3 is 2.38 bits per heavy atom. The van der Waals surface area contributed by atoms with Gasteiger partial charge in [-0.05, 0) is 62.1 Å². The Morgan fingerprint density at radius 2 is 1.65 bits per heavy atom. The first-order valence-corrected chi connectivity index (χ1v) is 9.56. The van der Waals surface area contributed by atoms with Gasteiger partial charge in [-0.1, -0.05) is 43.2 Å². The predicted octanol–water partition coefficient (Wildman–Crippen LogP) is 4.09. The summed E-state index contributed by atoms with van der Waals surface area (Å²) in [5, 5.41) is 6.77. The van der Waals surface area contributed by atoms with Gasteiger partial charge in [0.2, 0.25) is 0 Å². The molecule has 2 atom stereocenters. The molecular weight excluding hydrogens is 327 g/mol. The Morgan fingerprint density at radius 1 is 0.962 bits per heavy atom. The highest BCUT2D eigenvalue weighted by atomic mass is 19.1. The predicted molar refractivity (Wildman–Crippen MR) is 103 cm³/mol. The second-order valence-electron chi connectivity index (χ2n) is 7.02. The van der Waals surface area contributed by atoms with E-state index < -0.39 is 0 Å². The first-order valence-electron chi connectivity index (χ1n) is 9.56. The number of carbonyl (C=O) groups excluding carboxylic acids is 1. The molecule has 1 aliphatic carbocycles. The molecule has 138 valence electrons. The minimum absolute atomic E-state index is 0.118. The first-order chi connectivity index (χ1) is 12.7. The smallest absolute Gasteiger partial charge is 0.251 e. The van der Waals surface area contributed by atoms with Crippen molar-refractivity contribution in [2.45, 2.75) is 50.6 Å². The third-order valence-corrected chi connectivity index (χ3v) is 5.08. The van der Waals surface area contributed by atoms with Crippen molar-refractivity contribution in [1.29, 1.82) is 0 Å². The molecule has 0 aliphatic heterocycles. The topological polar surface area (TPSA) is 41.1 Å². The lowest BCUT2D eigenvalue weighted by atomic mass is 9.90. The molecule has 3 rings (SSSR count). The summed E-state index contributed by atoms with van der Waals surface area (Å²) < 4.78 is 13.0. The molecule has 0 aromatic heterocycles. The largest absolute Gasteiger partial charge is 0.348 e. The van der Waals surface area contributed by atoms with Crippen molar-refractivity contribution in [3.63, 3.8) is 0 Å². The molecule has 1 saturated carbocycles. The fourth-order valence-corrected chi connectivity index (χ4v) is 3.63. The molecule has 3 nitrogen and oxygen atoms in total. The third-order valence-electron chi connectivity index (χ3n) is 5.08. The molecule has 0 radical (unpaired) electrons. The summed E-state index contributed by atoms with van der Waals surface area (Å²) in [5.74, 6) is -0.440. The summed E-state index contributed by atoms with van der Waals surface area (Å²) in [6.07, 6.45) is 6.55. The molecule has 0 unspecified atom stereocenters. The van der Waals surface area contributed by atoms with Gasteiger partial charge in [0.1, 0.15) is 5.82 Å². The molecule has 26 heavy (non-hydrogen) atoms. The van der Waals surface area contributed by atoms with Crippen LogP contribution in [-0.4, -0.2) is 24.5 Å². The molecule has 2 aromatic rings. The Labute approximate surface area is 155 Å². The van der Waals surface area contributed by atoms with Gasteiger partial charge in [0.15, 0.2) is 0 Å². The standard InChI is InChI=1S/C22H27FN2O/c23-19-14-12-18(13-15-19)22(26)25-21-11-5-4-10-20(21)24-16-6-9-17-7-2-1-3-8-17/h1-3,7-8,12-15,20-21,24H,4-6,9-11,16H2,(H,25,26)/t20-,21+/m0/s1. The van der Waals surface area contributed by atoms with Gasteiger partial charge >= 0.3 is 0 Å². The number of hydrogen-bond acceptors (Lipinski definition) is 2. The van der Waals surface area contributed by atoms with Crippen molar-refractivity contribution in [2.75, 3.05) is 6.54 Å². The molecule has 4 heteroatoms. The molecular formula is C22H27FN2O. The van der Waals surface area contributed by atoms with Gasteiger partial charge in [-0.3, -0.25) is 4.79 Å². The van der Waals surface area contributed by atoms with Crippen LogP contribution in [0.4, 0.5) is 4.39 Å². The summed E-state index contributed by atoms with van der Waals surface area (Å²) in [6, 6.07) is 16.7. The van der Waals surface area contributed by atoms with E-state index in [1.165, 1.54) is 36.2 Å². The van der Waals surface area contributed by atoms with Crippen molar-refractivity contribution in [1.82, 2.24) is 10.6 Å². The van der Waals surface area contributed by atoms with Crippen LogP contribution >= 0.6 is 0 Å². The molecule has 2 aromatic carbocycles. The van der Waals surface area contributed by atoms with E-state index in [4.69, 9.17) is 0 Å². The summed E-state index contributed by atoms with van der Waals surface area (Å²) in [5.41, 5.74) is 1.87. The average molecular weight is 354 g/mol. The molecule has 0 spiro atoms. The van der Waals surface area contributed by atoms with Crippen molar-refractivity contribution >= 4 is 5.91 Å². The van der Waals surface area contributed by atoms with Crippen LogP contribution in [0.25, 0.3) is 0 Å². The molecule has 1 aliphatic rings. The van der Waals surface area contributed by atoms with E-state index >= 15 is 0 Å². The summed E-state index contributed by atoms with van der Waals surface area (Å²) in [6.45, 7) is 0.947. The van der Waals surface area contributed by atoms with E-state index in [1.54, 1.807) is 0 Å². The maximum Gasteiger partial charge on any atom is 0.251 e. The summed E-state index contributed by atoms with van der Waals surface area (Å²) in [7, 11) is 0. The second-order valence-corrected chi connectivity index (χ2v) is 7.02. The Bertz CT molecular complexity index is 687. The Kier molecular flexibility index (Phi) is 6.78. The lowest BCUT2D eigenvalue weighted by Crippen LogP contribution is -2.51. The number of carbonyl (C=O) groups is 1. The maximum absolute atomic E-state index is 13.0. The lowest BCUT2D eigenvalue weighted by Gasteiger charge is -2.33. The molecule has 2 N–H and O–H groups in total. The van der Waals surface area contributed by atoms with Crippen LogP contribution in [0.3, 0.4) is 0 Å². The molecule has 1 fully saturated rings. The minimum atomic E-state index is -0.322. The molecule has 0 heterocycles. The van der Waals surface area contributed by atoms with E-state index in [1.807, 2.05) is 6.07 Å². The van der Waals surface area contributed by atoms with Crippen molar-refractivity contribution in [2.24, 2.45) is 0 Å². The number of benzene rings is 2. The van der Waals surface area contributed by atoms with E-state index in [-0.39, 0.29) is 17.8 Å². The lowest BCUT2D eigenvalue weighted by molar-refractivity contribution is 0.0915. The number of aryl methyl sites for hydroxylation is 1. The quantitative estimate of drug-likeness (QED) is 0.736. The van der Waals surface area contributed by atoms with Gasteiger partial charge < -0.3 is 10.6 Å². The van der Waals surface area contributed by atoms with Crippen molar-refractivity contribution in [3.05, 3.63) is 71.5 Å². The van der Waals surface area contributed by atoms with Crippen LogP contribution in [0.2, 0.25) is 0 Å². The van der Waals surface area contributed by atoms with Gasteiger partial charge in [0.05, 0.1) is 0 Å².